The lowest BCUT2D eigenvalue weighted by molar-refractivity contribution is 0.292. The van der Waals surface area contributed by atoms with Gasteiger partial charge in [0.25, 0.3) is 0 Å². The zero-order valence-electron chi connectivity index (χ0n) is 11.7. The van der Waals surface area contributed by atoms with Gasteiger partial charge in [-0.1, -0.05) is 50.4 Å². The Morgan fingerprint density at radius 2 is 1.55 bits per heavy atom. The van der Waals surface area contributed by atoms with Crippen LogP contribution in [0.2, 0.25) is 0 Å². The molecule has 0 saturated carbocycles. The highest BCUT2D eigenvalue weighted by Crippen LogP contribution is 2.37. The fraction of sp³-hybridized carbons (Fsp3) is 0.294. The van der Waals surface area contributed by atoms with Crippen LogP contribution in [0.1, 0.15) is 5.56 Å². The summed E-state index contributed by atoms with van der Waals surface area (Å²) in [7, 11) is 0.0223. The minimum Gasteiger partial charge on any atom is -0.399 e. The van der Waals surface area contributed by atoms with Gasteiger partial charge in [0, 0.05) is 25.3 Å². The van der Waals surface area contributed by atoms with E-state index in [2.05, 4.69) is 47.4 Å². The van der Waals surface area contributed by atoms with E-state index < -0.39 is 0 Å². The number of nitrogen functional groups attached to an aromatic ring is 1. The molecule has 2 nitrogen and oxygen atoms in total. The molecule has 3 heteroatoms. The van der Waals surface area contributed by atoms with Crippen LogP contribution < -0.4 is 11.0 Å². The molecule has 3 rings (SSSR count). The summed E-state index contributed by atoms with van der Waals surface area (Å²) >= 11 is 0. The standard InChI is InChI=1S/C17H21N2P/c18-16-6-8-17(9-7-16)20-12-10-19(11-13-20)14-15-4-2-1-3-5-15/h1-9H,10-14,18H2. The Labute approximate surface area is 122 Å². The maximum atomic E-state index is 5.76. The third kappa shape index (κ3) is 3.39. The predicted molar refractivity (Wildman–Crippen MR) is 88.9 cm³/mol. The molecule has 0 bridgehead atoms. The van der Waals surface area contributed by atoms with E-state index in [4.69, 9.17) is 5.73 Å². The molecule has 1 aliphatic rings. The largest absolute Gasteiger partial charge is 0.399 e. The number of anilines is 1. The molecular formula is C17H21N2P. The van der Waals surface area contributed by atoms with Crippen molar-refractivity contribution >= 4 is 18.9 Å². The van der Waals surface area contributed by atoms with Crippen LogP contribution in [0.5, 0.6) is 0 Å². The molecule has 1 fully saturated rings. The molecule has 0 aliphatic carbocycles. The Balaban J connectivity index is 1.55. The van der Waals surface area contributed by atoms with E-state index in [1.807, 2.05) is 12.1 Å². The number of nitrogens with two attached hydrogens (primary N) is 1. The zero-order valence-corrected chi connectivity index (χ0v) is 12.6. The quantitative estimate of drug-likeness (QED) is 0.693. The van der Waals surface area contributed by atoms with Crippen LogP contribution in [-0.2, 0) is 6.54 Å². The first-order valence-corrected chi connectivity index (χ1v) is 8.89. The average molecular weight is 284 g/mol. The van der Waals surface area contributed by atoms with Crippen molar-refractivity contribution in [1.29, 1.82) is 0 Å². The number of hydrogen-bond donors (Lipinski definition) is 1. The first-order chi connectivity index (χ1) is 9.81. The van der Waals surface area contributed by atoms with Crippen LogP contribution in [0.3, 0.4) is 0 Å². The smallest absolute Gasteiger partial charge is 0.0314 e. The molecule has 2 aromatic rings. The Morgan fingerprint density at radius 3 is 2.20 bits per heavy atom. The number of nitrogens with zero attached hydrogens (tertiary/aromatic N) is 1. The molecule has 1 saturated heterocycles. The van der Waals surface area contributed by atoms with E-state index >= 15 is 0 Å². The van der Waals surface area contributed by atoms with Gasteiger partial charge in [0.2, 0.25) is 0 Å². The minimum absolute atomic E-state index is 0.0223. The molecule has 0 spiro atoms. The zero-order chi connectivity index (χ0) is 13.8. The van der Waals surface area contributed by atoms with Crippen LogP contribution in [0.15, 0.2) is 54.6 Å². The predicted octanol–water partition coefficient (Wildman–Crippen LogP) is 2.89. The van der Waals surface area contributed by atoms with Crippen molar-refractivity contribution < 1.29 is 0 Å². The second kappa shape index (κ2) is 6.39. The molecule has 0 unspecified atom stereocenters. The van der Waals surface area contributed by atoms with Gasteiger partial charge >= 0.3 is 0 Å². The van der Waals surface area contributed by atoms with Crippen molar-refractivity contribution in [3.05, 3.63) is 60.2 Å². The number of rotatable bonds is 3. The Bertz CT molecular complexity index is 531. The normalized spacial score (nSPS) is 17.2. The average Bonchev–Trinajstić information content (AvgIpc) is 2.50. The highest BCUT2D eigenvalue weighted by molar-refractivity contribution is 7.65. The third-order valence-electron chi connectivity index (χ3n) is 3.88. The highest BCUT2D eigenvalue weighted by atomic mass is 31.1. The van der Waals surface area contributed by atoms with Gasteiger partial charge < -0.3 is 5.73 Å². The van der Waals surface area contributed by atoms with Gasteiger partial charge in [-0.2, -0.15) is 0 Å². The lowest BCUT2D eigenvalue weighted by Gasteiger charge is -2.32. The lowest BCUT2D eigenvalue weighted by atomic mass is 10.2. The fourth-order valence-electron chi connectivity index (χ4n) is 2.69. The van der Waals surface area contributed by atoms with E-state index in [-0.39, 0.29) is 7.92 Å². The van der Waals surface area contributed by atoms with Crippen molar-refractivity contribution in [3.63, 3.8) is 0 Å². The summed E-state index contributed by atoms with van der Waals surface area (Å²) in [5.74, 6) is 0. The second-order valence-corrected chi connectivity index (χ2v) is 7.83. The van der Waals surface area contributed by atoms with Crippen molar-refractivity contribution in [2.75, 3.05) is 31.1 Å². The third-order valence-corrected chi connectivity index (χ3v) is 6.39. The summed E-state index contributed by atoms with van der Waals surface area (Å²) in [5, 5.41) is 1.51. The lowest BCUT2D eigenvalue weighted by Crippen LogP contribution is -2.35. The number of benzene rings is 2. The van der Waals surface area contributed by atoms with Gasteiger partial charge in [0.15, 0.2) is 0 Å². The molecule has 20 heavy (non-hydrogen) atoms. The number of hydrogen-bond acceptors (Lipinski definition) is 2. The van der Waals surface area contributed by atoms with E-state index in [9.17, 15) is 0 Å². The molecule has 0 amide bonds. The van der Waals surface area contributed by atoms with Crippen molar-refractivity contribution in [1.82, 2.24) is 4.90 Å². The fourth-order valence-corrected chi connectivity index (χ4v) is 5.05. The Morgan fingerprint density at radius 1 is 0.900 bits per heavy atom. The summed E-state index contributed by atoms with van der Waals surface area (Å²) < 4.78 is 0. The van der Waals surface area contributed by atoms with Gasteiger partial charge in [-0.15, -0.1) is 0 Å². The Hall–Kier alpha value is -1.37. The summed E-state index contributed by atoms with van der Waals surface area (Å²) in [6, 6.07) is 19.3. The Kier molecular flexibility index (Phi) is 4.34. The SMILES string of the molecule is Nc1ccc(P2CCN(Cc3ccccc3)CC2)cc1. The van der Waals surface area contributed by atoms with E-state index in [1.54, 1.807) is 0 Å². The van der Waals surface area contributed by atoms with Crippen LogP contribution in [-0.4, -0.2) is 30.3 Å². The minimum atomic E-state index is 0.0223. The molecule has 0 radical (unpaired) electrons. The summed E-state index contributed by atoms with van der Waals surface area (Å²) in [6.07, 6.45) is 2.62. The molecule has 0 aromatic heterocycles. The maximum absolute atomic E-state index is 5.76. The van der Waals surface area contributed by atoms with Crippen LogP contribution in [0.25, 0.3) is 0 Å². The maximum Gasteiger partial charge on any atom is 0.0314 e. The molecule has 2 N–H and O–H groups in total. The summed E-state index contributed by atoms with van der Waals surface area (Å²) in [5.41, 5.74) is 8.05. The van der Waals surface area contributed by atoms with Crippen molar-refractivity contribution in [3.8, 4) is 0 Å². The van der Waals surface area contributed by atoms with Crippen LogP contribution in [0.4, 0.5) is 5.69 Å². The first-order valence-electron chi connectivity index (χ1n) is 7.18. The molecule has 1 aliphatic heterocycles. The highest BCUT2D eigenvalue weighted by Gasteiger charge is 2.19. The van der Waals surface area contributed by atoms with Crippen molar-refractivity contribution in [2.24, 2.45) is 0 Å². The molecular weight excluding hydrogens is 263 g/mol. The van der Waals surface area contributed by atoms with Gasteiger partial charge in [0.1, 0.15) is 0 Å². The molecule has 0 atom stereocenters. The van der Waals surface area contributed by atoms with Crippen LogP contribution in [0, 0.1) is 0 Å². The molecule has 1 heterocycles. The van der Waals surface area contributed by atoms with E-state index in [1.165, 1.54) is 36.3 Å². The van der Waals surface area contributed by atoms with E-state index in [0.29, 0.717) is 0 Å². The summed E-state index contributed by atoms with van der Waals surface area (Å²) in [6.45, 7) is 3.52. The van der Waals surface area contributed by atoms with Gasteiger partial charge in [-0.05, 0) is 35.3 Å². The van der Waals surface area contributed by atoms with Gasteiger partial charge in [0.05, 0.1) is 0 Å². The topological polar surface area (TPSA) is 29.3 Å². The summed E-state index contributed by atoms with van der Waals surface area (Å²) in [4.78, 5) is 2.57. The van der Waals surface area contributed by atoms with Gasteiger partial charge in [-0.25, -0.2) is 0 Å². The monoisotopic (exact) mass is 284 g/mol. The van der Waals surface area contributed by atoms with Gasteiger partial charge in [-0.3, -0.25) is 4.90 Å². The first kappa shape index (κ1) is 13.6. The van der Waals surface area contributed by atoms with Crippen molar-refractivity contribution in [2.45, 2.75) is 6.54 Å². The van der Waals surface area contributed by atoms with Crippen LogP contribution >= 0.6 is 7.92 Å². The van der Waals surface area contributed by atoms with E-state index in [0.717, 1.165) is 12.2 Å². The second-order valence-electron chi connectivity index (χ2n) is 5.34. The molecule has 2 aromatic carbocycles. The molecule has 104 valence electrons.